The molecule has 0 bridgehead atoms. The highest BCUT2D eigenvalue weighted by Gasteiger charge is 2.39. The Labute approximate surface area is 107 Å². The molecule has 0 unspecified atom stereocenters. The van der Waals surface area contributed by atoms with Gasteiger partial charge in [-0.2, -0.15) is 0 Å². The summed E-state index contributed by atoms with van der Waals surface area (Å²) >= 11 is 0. The lowest BCUT2D eigenvalue weighted by molar-refractivity contribution is -0.299. The van der Waals surface area contributed by atoms with Gasteiger partial charge in [0.25, 0.3) is 0 Å². The number of hydrogen-bond acceptors (Lipinski definition) is 2. The Morgan fingerprint density at radius 1 is 0.882 bits per heavy atom. The molecule has 0 spiro atoms. The van der Waals surface area contributed by atoms with Gasteiger partial charge >= 0.3 is 0 Å². The first-order valence-corrected chi connectivity index (χ1v) is 7.37. The third kappa shape index (κ3) is 4.26. The molecule has 0 aromatic rings. The zero-order chi connectivity index (χ0) is 12.8. The van der Waals surface area contributed by atoms with Gasteiger partial charge in [0.1, 0.15) is 0 Å². The van der Waals surface area contributed by atoms with Gasteiger partial charge in [0.15, 0.2) is 5.79 Å². The van der Waals surface area contributed by atoms with Gasteiger partial charge in [-0.05, 0) is 26.2 Å². The summed E-state index contributed by atoms with van der Waals surface area (Å²) in [5.74, 6) is -0.318. The van der Waals surface area contributed by atoms with E-state index in [-0.39, 0.29) is 11.2 Å². The van der Waals surface area contributed by atoms with Crippen molar-refractivity contribution in [1.82, 2.24) is 0 Å². The highest BCUT2D eigenvalue weighted by atomic mass is 16.7. The van der Waals surface area contributed by atoms with Crippen LogP contribution in [0.2, 0.25) is 0 Å². The Hall–Kier alpha value is -0.0800. The Morgan fingerprint density at radius 2 is 1.47 bits per heavy atom. The van der Waals surface area contributed by atoms with E-state index >= 15 is 0 Å². The fourth-order valence-electron chi connectivity index (χ4n) is 2.37. The molecular formula is C15H30O2. The number of ether oxygens (including phenoxy) is 2. The fraction of sp³-hybridized carbons (Fsp3) is 1.00. The summed E-state index contributed by atoms with van der Waals surface area (Å²) in [5, 5.41) is 0. The van der Waals surface area contributed by atoms with E-state index in [0.29, 0.717) is 0 Å². The highest BCUT2D eigenvalue weighted by molar-refractivity contribution is 4.82. The van der Waals surface area contributed by atoms with Gasteiger partial charge in [-0.1, -0.05) is 40.0 Å². The Kier molecular flexibility index (Phi) is 5.94. The summed E-state index contributed by atoms with van der Waals surface area (Å²) in [4.78, 5) is 0. The molecule has 17 heavy (non-hydrogen) atoms. The molecule has 1 rings (SSSR count). The van der Waals surface area contributed by atoms with E-state index in [1.54, 1.807) is 0 Å². The summed E-state index contributed by atoms with van der Waals surface area (Å²) < 4.78 is 12.0. The molecule has 1 aliphatic heterocycles. The van der Waals surface area contributed by atoms with Crippen LogP contribution in [0.5, 0.6) is 0 Å². The summed E-state index contributed by atoms with van der Waals surface area (Å²) in [5.41, 5.74) is 0.267. The van der Waals surface area contributed by atoms with Gasteiger partial charge in [0.05, 0.1) is 13.2 Å². The van der Waals surface area contributed by atoms with Gasteiger partial charge in [-0.15, -0.1) is 0 Å². The van der Waals surface area contributed by atoms with E-state index in [9.17, 15) is 0 Å². The minimum atomic E-state index is -0.318. The van der Waals surface area contributed by atoms with Gasteiger partial charge in [0.2, 0.25) is 0 Å². The smallest absolute Gasteiger partial charge is 0.165 e. The lowest BCUT2D eigenvalue weighted by Crippen LogP contribution is -2.47. The molecule has 0 aliphatic carbocycles. The Bertz CT molecular complexity index is 199. The highest BCUT2D eigenvalue weighted by Crippen LogP contribution is 2.37. The molecular weight excluding hydrogens is 212 g/mol. The molecule has 1 heterocycles. The van der Waals surface area contributed by atoms with E-state index in [1.807, 2.05) is 0 Å². The van der Waals surface area contributed by atoms with E-state index < -0.39 is 0 Å². The maximum atomic E-state index is 6.02. The van der Waals surface area contributed by atoms with Crippen molar-refractivity contribution in [3.05, 3.63) is 0 Å². The van der Waals surface area contributed by atoms with Gasteiger partial charge in [0, 0.05) is 11.8 Å². The fourth-order valence-corrected chi connectivity index (χ4v) is 2.37. The lowest BCUT2D eigenvalue weighted by atomic mass is 9.83. The van der Waals surface area contributed by atoms with Crippen molar-refractivity contribution in [1.29, 1.82) is 0 Å². The van der Waals surface area contributed by atoms with Crippen molar-refractivity contribution in [3.8, 4) is 0 Å². The van der Waals surface area contributed by atoms with E-state index in [2.05, 4.69) is 27.7 Å². The van der Waals surface area contributed by atoms with E-state index in [0.717, 1.165) is 32.5 Å². The van der Waals surface area contributed by atoms with Crippen LogP contribution in [0.4, 0.5) is 0 Å². The topological polar surface area (TPSA) is 18.5 Å². The minimum Gasteiger partial charge on any atom is -0.350 e. The second kappa shape index (κ2) is 6.75. The summed E-state index contributed by atoms with van der Waals surface area (Å²) in [7, 11) is 0. The van der Waals surface area contributed by atoms with Crippen molar-refractivity contribution in [2.75, 3.05) is 13.2 Å². The molecule has 0 amide bonds. The average Bonchev–Trinajstić information content (AvgIpc) is 2.37. The molecule has 1 saturated heterocycles. The SMILES string of the molecule is CCCCCCC1(C)OCC(CC)(CC)CO1. The predicted molar refractivity (Wildman–Crippen MR) is 72.1 cm³/mol. The summed E-state index contributed by atoms with van der Waals surface area (Å²) in [6.07, 6.45) is 8.46. The maximum absolute atomic E-state index is 6.02. The molecule has 2 nitrogen and oxygen atoms in total. The predicted octanol–water partition coefficient (Wildman–Crippen LogP) is 4.53. The first kappa shape index (κ1) is 15.0. The van der Waals surface area contributed by atoms with Crippen LogP contribution >= 0.6 is 0 Å². The minimum absolute atomic E-state index is 0.267. The molecule has 0 radical (unpaired) electrons. The van der Waals surface area contributed by atoms with Crippen molar-refractivity contribution < 1.29 is 9.47 Å². The van der Waals surface area contributed by atoms with Crippen molar-refractivity contribution >= 4 is 0 Å². The number of rotatable bonds is 7. The van der Waals surface area contributed by atoms with Crippen LogP contribution < -0.4 is 0 Å². The van der Waals surface area contributed by atoms with E-state index in [1.165, 1.54) is 25.7 Å². The monoisotopic (exact) mass is 242 g/mol. The zero-order valence-electron chi connectivity index (χ0n) is 12.2. The normalized spacial score (nSPS) is 22.6. The lowest BCUT2D eigenvalue weighted by Gasteiger charge is -2.44. The van der Waals surface area contributed by atoms with Crippen LogP contribution in [0, 0.1) is 5.41 Å². The zero-order valence-corrected chi connectivity index (χ0v) is 12.2. The third-order valence-corrected chi connectivity index (χ3v) is 4.35. The van der Waals surface area contributed by atoms with Crippen molar-refractivity contribution in [3.63, 3.8) is 0 Å². The third-order valence-electron chi connectivity index (χ3n) is 4.35. The first-order chi connectivity index (χ1) is 8.10. The average molecular weight is 242 g/mol. The van der Waals surface area contributed by atoms with Crippen LogP contribution in [0.15, 0.2) is 0 Å². The molecule has 0 saturated carbocycles. The molecule has 1 fully saturated rings. The second-order valence-corrected chi connectivity index (χ2v) is 5.73. The van der Waals surface area contributed by atoms with Crippen LogP contribution in [0.1, 0.15) is 72.6 Å². The molecule has 102 valence electrons. The molecule has 1 aliphatic rings. The van der Waals surface area contributed by atoms with Crippen molar-refractivity contribution in [2.24, 2.45) is 5.41 Å². The molecule has 2 heteroatoms. The van der Waals surface area contributed by atoms with Gasteiger partial charge in [-0.25, -0.2) is 0 Å². The molecule has 0 aromatic carbocycles. The maximum Gasteiger partial charge on any atom is 0.165 e. The Morgan fingerprint density at radius 3 is 1.94 bits per heavy atom. The van der Waals surface area contributed by atoms with Crippen LogP contribution in [0.25, 0.3) is 0 Å². The largest absolute Gasteiger partial charge is 0.350 e. The summed E-state index contributed by atoms with van der Waals surface area (Å²) in [6, 6.07) is 0. The Balaban J connectivity index is 2.33. The molecule has 0 atom stereocenters. The standard InChI is InChI=1S/C15H30O2/c1-5-8-9-10-11-14(4)16-12-15(6-2,7-3)13-17-14/h5-13H2,1-4H3. The van der Waals surface area contributed by atoms with Gasteiger partial charge < -0.3 is 9.47 Å². The van der Waals surface area contributed by atoms with Crippen LogP contribution in [-0.2, 0) is 9.47 Å². The number of hydrogen-bond donors (Lipinski definition) is 0. The van der Waals surface area contributed by atoms with Crippen LogP contribution in [-0.4, -0.2) is 19.0 Å². The van der Waals surface area contributed by atoms with Crippen LogP contribution in [0.3, 0.4) is 0 Å². The summed E-state index contributed by atoms with van der Waals surface area (Å²) in [6.45, 7) is 10.6. The quantitative estimate of drug-likeness (QED) is 0.611. The second-order valence-electron chi connectivity index (χ2n) is 5.73. The molecule has 0 aromatic heterocycles. The number of unbranched alkanes of at least 4 members (excludes halogenated alkanes) is 3. The molecule has 0 N–H and O–H groups in total. The van der Waals surface area contributed by atoms with Crippen molar-refractivity contribution in [2.45, 2.75) is 78.4 Å². The first-order valence-electron chi connectivity index (χ1n) is 7.37. The van der Waals surface area contributed by atoms with Gasteiger partial charge in [-0.3, -0.25) is 0 Å². The van der Waals surface area contributed by atoms with E-state index in [4.69, 9.17) is 9.47 Å².